The predicted octanol–water partition coefficient (Wildman–Crippen LogP) is 0.774. The second kappa shape index (κ2) is 5.64. The lowest BCUT2D eigenvalue weighted by atomic mass is 10.1. The molecule has 0 saturated carbocycles. The van der Waals surface area contributed by atoms with E-state index in [2.05, 4.69) is 5.32 Å². The second-order valence-corrected chi connectivity index (χ2v) is 7.66. The molecule has 118 valence electrons. The van der Waals surface area contributed by atoms with Crippen LogP contribution in [-0.2, 0) is 14.6 Å². The van der Waals surface area contributed by atoms with Crippen LogP contribution in [0.5, 0.6) is 11.5 Å². The third-order valence-corrected chi connectivity index (χ3v) is 5.56. The van der Waals surface area contributed by atoms with E-state index in [-0.39, 0.29) is 30.1 Å². The fraction of sp³-hybridized carbons (Fsp3) is 0.400. The van der Waals surface area contributed by atoms with E-state index in [9.17, 15) is 13.2 Å². The van der Waals surface area contributed by atoms with Crippen LogP contribution in [-0.4, -0.2) is 45.6 Å². The Morgan fingerprint density at radius 3 is 2.91 bits per heavy atom. The van der Waals surface area contributed by atoms with Gasteiger partial charge in [0, 0.05) is 11.6 Å². The van der Waals surface area contributed by atoms with Gasteiger partial charge in [-0.3, -0.25) is 4.79 Å². The number of hydrogen-bond donors (Lipinski definition) is 1. The van der Waals surface area contributed by atoms with Crippen molar-refractivity contribution < 1.29 is 22.7 Å². The van der Waals surface area contributed by atoms with Crippen molar-refractivity contribution in [2.24, 2.45) is 0 Å². The smallest absolute Gasteiger partial charge is 0.250 e. The first-order valence-electron chi connectivity index (χ1n) is 6.99. The summed E-state index contributed by atoms with van der Waals surface area (Å²) in [6.07, 6.45) is 2.22. The summed E-state index contributed by atoms with van der Waals surface area (Å²) in [6.45, 7) is 0.171. The number of ether oxygens (including phenoxy) is 2. The zero-order valence-corrected chi connectivity index (χ0v) is 13.0. The standard InChI is InChI=1S/C15H17NO5S/c1-20-13-2-3-14-10(7-13)6-11(8-21-14)15(17)16-12-4-5-22(18,19)9-12/h2-3,6-7,12H,4-5,8-9H2,1H3,(H,16,17). The minimum absolute atomic E-state index is 0.0112. The Balaban J connectivity index is 1.74. The molecule has 7 heteroatoms. The molecule has 1 N–H and O–H groups in total. The van der Waals surface area contributed by atoms with Gasteiger partial charge in [0.15, 0.2) is 9.84 Å². The van der Waals surface area contributed by atoms with Gasteiger partial charge in [-0.2, -0.15) is 0 Å². The van der Waals surface area contributed by atoms with E-state index in [0.717, 1.165) is 5.56 Å². The molecule has 1 amide bonds. The maximum absolute atomic E-state index is 12.2. The molecule has 0 spiro atoms. The monoisotopic (exact) mass is 323 g/mol. The van der Waals surface area contributed by atoms with E-state index >= 15 is 0 Å². The number of nitrogens with one attached hydrogen (secondary N) is 1. The van der Waals surface area contributed by atoms with E-state index in [4.69, 9.17) is 9.47 Å². The molecule has 3 rings (SSSR count). The highest BCUT2D eigenvalue weighted by molar-refractivity contribution is 7.91. The number of sulfone groups is 1. The first-order valence-corrected chi connectivity index (χ1v) is 8.82. The minimum atomic E-state index is -3.01. The fourth-order valence-corrected chi connectivity index (χ4v) is 4.27. The molecule has 1 fully saturated rings. The average Bonchev–Trinajstić information content (AvgIpc) is 2.84. The largest absolute Gasteiger partial charge is 0.497 e. The lowest BCUT2D eigenvalue weighted by Crippen LogP contribution is -2.38. The van der Waals surface area contributed by atoms with Crippen molar-refractivity contribution in [2.75, 3.05) is 25.2 Å². The lowest BCUT2D eigenvalue weighted by molar-refractivity contribution is -0.118. The summed E-state index contributed by atoms with van der Waals surface area (Å²) in [5.74, 6) is 1.24. The second-order valence-electron chi connectivity index (χ2n) is 5.44. The number of methoxy groups -OCH3 is 1. The van der Waals surface area contributed by atoms with Crippen molar-refractivity contribution in [1.29, 1.82) is 0 Å². The molecule has 1 aromatic rings. The number of benzene rings is 1. The molecule has 1 saturated heterocycles. The molecule has 0 radical (unpaired) electrons. The molecule has 22 heavy (non-hydrogen) atoms. The Labute approximate surface area is 129 Å². The molecule has 0 bridgehead atoms. The summed E-state index contributed by atoms with van der Waals surface area (Å²) >= 11 is 0. The van der Waals surface area contributed by atoms with Gasteiger partial charge in [0.05, 0.1) is 24.2 Å². The number of amides is 1. The molecule has 2 aliphatic heterocycles. The topological polar surface area (TPSA) is 81.7 Å². The Hall–Kier alpha value is -2.02. The molecule has 1 aromatic carbocycles. The van der Waals surface area contributed by atoms with Crippen LogP contribution in [0, 0.1) is 0 Å². The van der Waals surface area contributed by atoms with Crippen LogP contribution in [0.3, 0.4) is 0 Å². The third kappa shape index (κ3) is 3.09. The molecule has 6 nitrogen and oxygen atoms in total. The van der Waals surface area contributed by atoms with Gasteiger partial charge in [0.1, 0.15) is 18.1 Å². The molecule has 1 atom stereocenters. The van der Waals surface area contributed by atoms with Crippen molar-refractivity contribution in [2.45, 2.75) is 12.5 Å². The number of fused-ring (bicyclic) bond motifs is 1. The van der Waals surface area contributed by atoms with Crippen LogP contribution in [0.4, 0.5) is 0 Å². The van der Waals surface area contributed by atoms with Crippen molar-refractivity contribution in [1.82, 2.24) is 5.32 Å². The van der Waals surface area contributed by atoms with Gasteiger partial charge in [-0.1, -0.05) is 0 Å². The van der Waals surface area contributed by atoms with Crippen molar-refractivity contribution >= 4 is 21.8 Å². The van der Waals surface area contributed by atoms with Gasteiger partial charge in [0.2, 0.25) is 0 Å². The average molecular weight is 323 g/mol. The normalized spacial score (nSPS) is 22.2. The van der Waals surface area contributed by atoms with Crippen molar-refractivity contribution in [3.8, 4) is 11.5 Å². The summed E-state index contributed by atoms with van der Waals surface area (Å²) in [6, 6.07) is 5.07. The van der Waals surface area contributed by atoms with Crippen LogP contribution in [0.2, 0.25) is 0 Å². The Morgan fingerprint density at radius 2 is 2.23 bits per heavy atom. The zero-order chi connectivity index (χ0) is 15.7. The summed E-state index contributed by atoms with van der Waals surface area (Å²) in [5.41, 5.74) is 1.25. The first kappa shape index (κ1) is 14.9. The summed E-state index contributed by atoms with van der Waals surface area (Å²) in [7, 11) is -1.44. The number of rotatable bonds is 3. The van der Waals surface area contributed by atoms with Gasteiger partial charge in [-0.25, -0.2) is 8.42 Å². The van der Waals surface area contributed by atoms with Crippen molar-refractivity contribution in [3.05, 3.63) is 29.3 Å². The van der Waals surface area contributed by atoms with Gasteiger partial charge in [0.25, 0.3) is 5.91 Å². The minimum Gasteiger partial charge on any atom is -0.497 e. The quantitative estimate of drug-likeness (QED) is 0.889. The SMILES string of the molecule is COc1ccc2c(c1)C=C(C(=O)NC1CCS(=O)(=O)C1)CO2. The summed E-state index contributed by atoms with van der Waals surface area (Å²) in [5, 5.41) is 2.77. The number of carbonyl (C=O) groups is 1. The maximum atomic E-state index is 12.2. The molecule has 2 aliphatic rings. The van der Waals surface area contributed by atoms with Crippen LogP contribution < -0.4 is 14.8 Å². The summed E-state index contributed by atoms with van der Waals surface area (Å²) in [4.78, 5) is 12.2. The molecular weight excluding hydrogens is 306 g/mol. The highest BCUT2D eigenvalue weighted by atomic mass is 32.2. The van der Waals surface area contributed by atoms with Crippen LogP contribution in [0.15, 0.2) is 23.8 Å². The van der Waals surface area contributed by atoms with Crippen LogP contribution >= 0.6 is 0 Å². The van der Waals surface area contributed by atoms with E-state index in [1.807, 2.05) is 0 Å². The zero-order valence-electron chi connectivity index (χ0n) is 12.2. The molecule has 0 aliphatic carbocycles. The molecule has 0 aromatic heterocycles. The van der Waals surface area contributed by atoms with Gasteiger partial charge in [-0.15, -0.1) is 0 Å². The fourth-order valence-electron chi connectivity index (χ4n) is 2.60. The van der Waals surface area contributed by atoms with Crippen LogP contribution in [0.25, 0.3) is 6.08 Å². The van der Waals surface area contributed by atoms with Gasteiger partial charge < -0.3 is 14.8 Å². The Morgan fingerprint density at radius 1 is 1.41 bits per heavy atom. The van der Waals surface area contributed by atoms with E-state index in [1.54, 1.807) is 31.4 Å². The highest BCUT2D eigenvalue weighted by Gasteiger charge is 2.30. The Bertz CT molecular complexity index is 738. The van der Waals surface area contributed by atoms with Crippen molar-refractivity contribution in [3.63, 3.8) is 0 Å². The first-order chi connectivity index (χ1) is 10.5. The molecule has 2 heterocycles. The van der Waals surface area contributed by atoms with Crippen LogP contribution in [0.1, 0.15) is 12.0 Å². The van der Waals surface area contributed by atoms with Gasteiger partial charge in [-0.05, 0) is 30.7 Å². The van der Waals surface area contributed by atoms with Gasteiger partial charge >= 0.3 is 0 Å². The maximum Gasteiger partial charge on any atom is 0.250 e. The molecule has 1 unspecified atom stereocenters. The summed E-state index contributed by atoms with van der Waals surface area (Å²) < 4.78 is 33.6. The predicted molar refractivity (Wildman–Crippen MR) is 81.7 cm³/mol. The Kier molecular flexibility index (Phi) is 3.82. The number of hydrogen-bond acceptors (Lipinski definition) is 5. The van der Waals surface area contributed by atoms with E-state index in [1.165, 1.54) is 0 Å². The third-order valence-electron chi connectivity index (χ3n) is 3.79. The number of carbonyl (C=O) groups excluding carboxylic acids is 1. The lowest BCUT2D eigenvalue weighted by Gasteiger charge is -2.19. The van der Waals surface area contributed by atoms with E-state index in [0.29, 0.717) is 23.5 Å². The molecular formula is C15H17NO5S. The van der Waals surface area contributed by atoms with E-state index < -0.39 is 9.84 Å². The highest BCUT2D eigenvalue weighted by Crippen LogP contribution is 2.30.